The first-order valence-electron chi connectivity index (χ1n) is 7.27. The van der Waals surface area contributed by atoms with E-state index in [1.165, 1.54) is 13.2 Å². The Hall–Kier alpha value is -2.50. The minimum atomic E-state index is -0.537. The zero-order valence-corrected chi connectivity index (χ0v) is 13.9. The van der Waals surface area contributed by atoms with Crippen LogP contribution in [0.2, 0.25) is 0 Å². The van der Waals surface area contributed by atoms with E-state index in [4.69, 9.17) is 9.47 Å². The molecule has 1 aromatic rings. The van der Waals surface area contributed by atoms with Crippen LogP contribution in [0.4, 0.5) is 4.79 Å². The molecule has 0 unspecified atom stereocenters. The molecular formula is C17H23NO5. The Morgan fingerprint density at radius 1 is 1.35 bits per heavy atom. The Labute approximate surface area is 136 Å². The summed E-state index contributed by atoms with van der Waals surface area (Å²) in [5.74, 6) is 0.204. The first kappa shape index (κ1) is 18.5. The van der Waals surface area contributed by atoms with Crippen LogP contribution in [0, 0.1) is 0 Å². The van der Waals surface area contributed by atoms with Crippen molar-refractivity contribution in [3.63, 3.8) is 0 Å². The summed E-state index contributed by atoms with van der Waals surface area (Å²) in [6.07, 6.45) is 4.08. The molecule has 6 heteroatoms. The molecule has 0 aromatic heterocycles. The lowest BCUT2D eigenvalue weighted by atomic mass is 10.1. The highest BCUT2D eigenvalue weighted by molar-refractivity contribution is 5.85. The molecule has 0 saturated carbocycles. The Balaban J connectivity index is 2.62. The number of carbonyl (C=O) groups excluding carboxylic acids is 2. The molecule has 0 bridgehead atoms. The third-order valence-electron chi connectivity index (χ3n) is 2.82. The summed E-state index contributed by atoms with van der Waals surface area (Å²) in [7, 11) is 1.44. The van der Waals surface area contributed by atoms with E-state index in [0.29, 0.717) is 36.1 Å². The van der Waals surface area contributed by atoms with Gasteiger partial charge in [0.2, 0.25) is 0 Å². The molecule has 0 radical (unpaired) electrons. The first-order valence-corrected chi connectivity index (χ1v) is 7.27. The second-order valence-electron chi connectivity index (χ2n) is 5.86. The molecule has 126 valence electrons. The number of ether oxygens (including phenoxy) is 2. The monoisotopic (exact) mass is 321 g/mol. The average molecular weight is 321 g/mol. The van der Waals surface area contributed by atoms with Crippen molar-refractivity contribution < 1.29 is 24.2 Å². The van der Waals surface area contributed by atoms with Gasteiger partial charge in [-0.25, -0.2) is 4.79 Å². The van der Waals surface area contributed by atoms with Crippen molar-refractivity contribution in [2.45, 2.75) is 32.8 Å². The van der Waals surface area contributed by atoms with Crippen LogP contribution in [0.15, 0.2) is 18.2 Å². The second kappa shape index (κ2) is 8.22. The molecule has 0 spiro atoms. The summed E-state index contributed by atoms with van der Waals surface area (Å²) in [6, 6.07) is 3.10. The van der Waals surface area contributed by atoms with E-state index < -0.39 is 11.7 Å². The zero-order valence-electron chi connectivity index (χ0n) is 13.9. The molecule has 0 aliphatic rings. The summed E-state index contributed by atoms with van der Waals surface area (Å²) in [4.78, 5) is 22.5. The predicted molar refractivity (Wildman–Crippen MR) is 87.9 cm³/mol. The minimum Gasteiger partial charge on any atom is -0.504 e. The molecule has 2 N–H and O–H groups in total. The Kier molecular flexibility index (Phi) is 6.63. The Morgan fingerprint density at radius 3 is 2.61 bits per heavy atom. The standard InChI is InChI=1S/C17H23NO5/c1-17(2,3)23-16(21)18-10-6-5-7-13-12(11-19)8-9-14(22-4)15(13)20/h5,7-9,11,20H,6,10H2,1-4H3,(H,18,21). The van der Waals surface area contributed by atoms with Gasteiger partial charge in [-0.05, 0) is 39.3 Å². The summed E-state index contributed by atoms with van der Waals surface area (Å²) in [6.45, 7) is 5.75. The summed E-state index contributed by atoms with van der Waals surface area (Å²) in [5.41, 5.74) is 0.210. The lowest BCUT2D eigenvalue weighted by Crippen LogP contribution is -2.32. The first-order chi connectivity index (χ1) is 10.8. The predicted octanol–water partition coefficient (Wildman–Crippen LogP) is 3.14. The van der Waals surface area contributed by atoms with Gasteiger partial charge in [0.25, 0.3) is 0 Å². The van der Waals surface area contributed by atoms with Crippen molar-refractivity contribution in [2.75, 3.05) is 13.7 Å². The van der Waals surface area contributed by atoms with Crippen molar-refractivity contribution in [1.29, 1.82) is 0 Å². The Bertz CT molecular complexity index is 587. The molecule has 0 aliphatic carbocycles. The molecule has 0 saturated heterocycles. The number of hydrogen-bond donors (Lipinski definition) is 2. The number of phenolic OH excluding ortho intramolecular Hbond substituents is 1. The number of aldehydes is 1. The van der Waals surface area contributed by atoms with Crippen molar-refractivity contribution >= 4 is 18.5 Å². The van der Waals surface area contributed by atoms with Crippen LogP contribution in [0.25, 0.3) is 6.08 Å². The van der Waals surface area contributed by atoms with Gasteiger partial charge in [0.15, 0.2) is 17.8 Å². The van der Waals surface area contributed by atoms with E-state index in [1.54, 1.807) is 39.0 Å². The van der Waals surface area contributed by atoms with Crippen LogP contribution >= 0.6 is 0 Å². The number of carbonyl (C=O) groups is 2. The number of aromatic hydroxyl groups is 1. The van der Waals surface area contributed by atoms with Gasteiger partial charge in [0, 0.05) is 17.7 Å². The van der Waals surface area contributed by atoms with Gasteiger partial charge in [-0.1, -0.05) is 12.2 Å². The van der Waals surface area contributed by atoms with Gasteiger partial charge in [-0.2, -0.15) is 0 Å². The van der Waals surface area contributed by atoms with Crippen LogP contribution in [0.5, 0.6) is 11.5 Å². The second-order valence-corrected chi connectivity index (χ2v) is 5.86. The third-order valence-corrected chi connectivity index (χ3v) is 2.82. The molecule has 1 amide bonds. The molecule has 0 atom stereocenters. The molecule has 0 aliphatic heterocycles. The number of phenols is 1. The maximum atomic E-state index is 11.5. The SMILES string of the molecule is COc1ccc(C=O)c(C=CCCNC(=O)OC(C)(C)C)c1O. The lowest BCUT2D eigenvalue weighted by molar-refractivity contribution is 0.0528. The Morgan fingerprint density at radius 2 is 2.04 bits per heavy atom. The topological polar surface area (TPSA) is 84.9 Å². The maximum Gasteiger partial charge on any atom is 0.407 e. The van der Waals surface area contributed by atoms with E-state index in [9.17, 15) is 14.7 Å². The van der Waals surface area contributed by atoms with Gasteiger partial charge >= 0.3 is 6.09 Å². The van der Waals surface area contributed by atoms with E-state index in [-0.39, 0.29) is 5.75 Å². The van der Waals surface area contributed by atoms with Gasteiger partial charge in [0.05, 0.1) is 7.11 Å². The molecule has 0 heterocycles. The van der Waals surface area contributed by atoms with Gasteiger partial charge in [0.1, 0.15) is 5.60 Å². The smallest absolute Gasteiger partial charge is 0.407 e. The number of alkyl carbamates (subject to hydrolysis) is 1. The highest BCUT2D eigenvalue weighted by Gasteiger charge is 2.15. The summed E-state index contributed by atoms with van der Waals surface area (Å²) in [5, 5.41) is 12.7. The quantitative estimate of drug-likeness (QED) is 0.621. The van der Waals surface area contributed by atoms with Crippen molar-refractivity contribution in [3.8, 4) is 11.5 Å². The third kappa shape index (κ3) is 6.02. The largest absolute Gasteiger partial charge is 0.504 e. The fourth-order valence-electron chi connectivity index (χ4n) is 1.82. The summed E-state index contributed by atoms with van der Waals surface area (Å²) >= 11 is 0. The van der Waals surface area contributed by atoms with Gasteiger partial charge in [-0.15, -0.1) is 0 Å². The highest BCUT2D eigenvalue weighted by Crippen LogP contribution is 2.32. The van der Waals surface area contributed by atoms with Crippen LogP contribution < -0.4 is 10.1 Å². The van der Waals surface area contributed by atoms with E-state index in [1.807, 2.05) is 0 Å². The minimum absolute atomic E-state index is 0.0894. The highest BCUT2D eigenvalue weighted by atomic mass is 16.6. The number of nitrogens with one attached hydrogen (secondary N) is 1. The average Bonchev–Trinajstić information content (AvgIpc) is 2.46. The van der Waals surface area contributed by atoms with Gasteiger partial charge in [-0.3, -0.25) is 4.79 Å². The molecule has 1 rings (SSSR count). The summed E-state index contributed by atoms with van der Waals surface area (Å²) < 4.78 is 10.1. The van der Waals surface area contributed by atoms with Crippen LogP contribution in [0.3, 0.4) is 0 Å². The van der Waals surface area contributed by atoms with E-state index in [2.05, 4.69) is 5.32 Å². The number of rotatable bonds is 6. The van der Waals surface area contributed by atoms with E-state index in [0.717, 1.165) is 0 Å². The van der Waals surface area contributed by atoms with Crippen LogP contribution in [-0.2, 0) is 4.74 Å². The van der Waals surface area contributed by atoms with Crippen molar-refractivity contribution in [2.24, 2.45) is 0 Å². The molecule has 6 nitrogen and oxygen atoms in total. The van der Waals surface area contributed by atoms with Gasteiger partial charge < -0.3 is 19.9 Å². The number of hydrogen-bond acceptors (Lipinski definition) is 5. The molecule has 1 aromatic carbocycles. The van der Waals surface area contributed by atoms with E-state index >= 15 is 0 Å². The fraction of sp³-hybridized carbons (Fsp3) is 0.412. The molecule has 23 heavy (non-hydrogen) atoms. The van der Waals surface area contributed by atoms with Crippen molar-refractivity contribution in [3.05, 3.63) is 29.3 Å². The lowest BCUT2D eigenvalue weighted by Gasteiger charge is -2.19. The fourth-order valence-corrected chi connectivity index (χ4v) is 1.82. The van der Waals surface area contributed by atoms with Crippen molar-refractivity contribution in [1.82, 2.24) is 5.32 Å². The molecule has 0 fully saturated rings. The number of amides is 1. The van der Waals surface area contributed by atoms with Crippen LogP contribution in [0.1, 0.15) is 43.1 Å². The number of benzene rings is 1. The van der Waals surface area contributed by atoms with Crippen LogP contribution in [-0.4, -0.2) is 36.7 Å². The zero-order chi connectivity index (χ0) is 17.5. The maximum absolute atomic E-state index is 11.5. The molecular weight excluding hydrogens is 298 g/mol. The number of methoxy groups -OCH3 is 1. The normalized spacial score (nSPS) is 11.3.